The predicted octanol–water partition coefficient (Wildman–Crippen LogP) is -2.19. The zero-order chi connectivity index (χ0) is 8.59. The Hall–Kier alpha value is -0.200. The topological polar surface area (TPSA) is 90.2 Å². The lowest BCUT2D eigenvalue weighted by Crippen LogP contribution is -2.56. The Bertz CT molecular complexity index is 125. The first-order valence-electron chi connectivity index (χ1n) is 3.41. The second-order valence-corrected chi connectivity index (χ2v) is 2.70. The summed E-state index contributed by atoms with van der Waals surface area (Å²) in [6, 6.07) is 0. The molecule has 0 bridgehead atoms. The second kappa shape index (κ2) is 3.04. The zero-order valence-corrected chi connectivity index (χ0v) is 6.08. The van der Waals surface area contributed by atoms with Gasteiger partial charge in [0.1, 0.15) is 18.3 Å². The van der Waals surface area contributed by atoms with Crippen LogP contribution in [0.4, 0.5) is 0 Å². The van der Waals surface area contributed by atoms with Crippen LogP contribution >= 0.6 is 0 Å². The van der Waals surface area contributed by atoms with E-state index in [2.05, 4.69) is 4.74 Å². The van der Waals surface area contributed by atoms with E-state index in [-0.39, 0.29) is 0 Å². The zero-order valence-electron chi connectivity index (χ0n) is 6.08. The molecule has 1 aliphatic heterocycles. The number of aliphatic hydroxyl groups excluding tert-OH is 4. The number of hydrogen-bond donors (Lipinski definition) is 4. The van der Waals surface area contributed by atoms with Crippen molar-refractivity contribution in [3.63, 3.8) is 0 Å². The van der Waals surface area contributed by atoms with Crippen LogP contribution in [0.1, 0.15) is 6.92 Å². The van der Waals surface area contributed by atoms with Crippen molar-refractivity contribution in [3.8, 4) is 0 Å². The summed E-state index contributed by atoms with van der Waals surface area (Å²) in [6.07, 6.45) is -5.99. The quantitative estimate of drug-likeness (QED) is 0.326. The molecule has 0 aromatic carbocycles. The third-order valence-electron chi connectivity index (χ3n) is 1.83. The maximum absolute atomic E-state index is 9.09. The molecule has 1 heterocycles. The molecule has 0 radical (unpaired) electrons. The largest absolute Gasteiger partial charge is 0.388 e. The van der Waals surface area contributed by atoms with Crippen molar-refractivity contribution in [1.29, 1.82) is 0 Å². The molecule has 0 aromatic heterocycles. The Labute approximate surface area is 63.8 Å². The van der Waals surface area contributed by atoms with E-state index >= 15 is 0 Å². The van der Waals surface area contributed by atoms with Gasteiger partial charge in [-0.15, -0.1) is 0 Å². The first kappa shape index (κ1) is 8.89. The van der Waals surface area contributed by atoms with Gasteiger partial charge in [-0.05, 0) is 6.92 Å². The number of aliphatic hydroxyl groups is 4. The molecule has 1 fully saturated rings. The highest BCUT2D eigenvalue weighted by Crippen LogP contribution is 2.18. The van der Waals surface area contributed by atoms with Crippen LogP contribution < -0.4 is 0 Å². The lowest BCUT2D eigenvalue weighted by molar-refractivity contribution is -0.277. The van der Waals surface area contributed by atoms with E-state index in [4.69, 9.17) is 20.4 Å². The van der Waals surface area contributed by atoms with Crippen molar-refractivity contribution in [2.75, 3.05) is 0 Å². The lowest BCUT2D eigenvalue weighted by atomic mass is 10.0. The van der Waals surface area contributed by atoms with E-state index in [1.807, 2.05) is 0 Å². The summed E-state index contributed by atoms with van der Waals surface area (Å²) in [5.41, 5.74) is 0. The van der Waals surface area contributed by atoms with Gasteiger partial charge in [0.15, 0.2) is 6.29 Å². The Balaban J connectivity index is 2.63. The molecule has 66 valence electrons. The highest BCUT2D eigenvalue weighted by Gasteiger charge is 2.40. The smallest absolute Gasteiger partial charge is 0.183 e. The molecule has 1 saturated heterocycles. The van der Waals surface area contributed by atoms with Crippen LogP contribution in [0.3, 0.4) is 0 Å². The first-order valence-corrected chi connectivity index (χ1v) is 3.41. The van der Waals surface area contributed by atoms with Gasteiger partial charge in [0.05, 0.1) is 6.10 Å². The van der Waals surface area contributed by atoms with Crippen LogP contribution in [-0.2, 0) is 4.74 Å². The molecular weight excluding hydrogens is 152 g/mol. The number of hydrogen-bond acceptors (Lipinski definition) is 5. The fourth-order valence-corrected chi connectivity index (χ4v) is 1.03. The summed E-state index contributed by atoms with van der Waals surface area (Å²) in [4.78, 5) is 0. The van der Waals surface area contributed by atoms with E-state index in [0.717, 1.165) is 0 Å². The third-order valence-corrected chi connectivity index (χ3v) is 1.83. The van der Waals surface area contributed by atoms with Gasteiger partial charge < -0.3 is 25.2 Å². The van der Waals surface area contributed by atoms with E-state index in [0.29, 0.717) is 0 Å². The molecule has 5 atom stereocenters. The fourth-order valence-electron chi connectivity index (χ4n) is 1.03. The Morgan fingerprint density at radius 3 is 2.00 bits per heavy atom. The van der Waals surface area contributed by atoms with Gasteiger partial charge in [0, 0.05) is 0 Å². The SMILES string of the molecule is C[C@H]1O[C@@H](O)[C@H](O)[C@H](O)[C@@H]1O. The molecule has 1 rings (SSSR count). The maximum Gasteiger partial charge on any atom is 0.183 e. The number of ether oxygens (including phenoxy) is 1. The highest BCUT2D eigenvalue weighted by molar-refractivity contribution is 4.86. The summed E-state index contributed by atoms with van der Waals surface area (Å²) < 4.78 is 4.68. The van der Waals surface area contributed by atoms with Crippen molar-refractivity contribution in [2.45, 2.75) is 37.6 Å². The Morgan fingerprint density at radius 2 is 1.45 bits per heavy atom. The molecule has 0 spiro atoms. The molecular formula is C6H12O5. The fraction of sp³-hybridized carbons (Fsp3) is 1.00. The highest BCUT2D eigenvalue weighted by atomic mass is 16.6. The minimum atomic E-state index is -1.43. The van der Waals surface area contributed by atoms with Gasteiger partial charge in [-0.1, -0.05) is 0 Å². The van der Waals surface area contributed by atoms with Crippen LogP contribution in [0.2, 0.25) is 0 Å². The minimum Gasteiger partial charge on any atom is -0.388 e. The first-order chi connectivity index (χ1) is 5.04. The van der Waals surface area contributed by atoms with E-state index < -0.39 is 30.7 Å². The molecule has 5 heteroatoms. The summed E-state index contributed by atoms with van der Waals surface area (Å²) in [7, 11) is 0. The van der Waals surface area contributed by atoms with Crippen molar-refractivity contribution in [3.05, 3.63) is 0 Å². The molecule has 0 unspecified atom stereocenters. The van der Waals surface area contributed by atoms with Gasteiger partial charge >= 0.3 is 0 Å². The predicted molar refractivity (Wildman–Crippen MR) is 34.6 cm³/mol. The van der Waals surface area contributed by atoms with Crippen LogP contribution in [0.15, 0.2) is 0 Å². The van der Waals surface area contributed by atoms with Crippen molar-refractivity contribution in [2.24, 2.45) is 0 Å². The Morgan fingerprint density at radius 1 is 0.909 bits per heavy atom. The molecule has 0 aliphatic carbocycles. The summed E-state index contributed by atoms with van der Waals surface area (Å²) in [6.45, 7) is 1.50. The molecule has 1 aliphatic rings. The van der Waals surface area contributed by atoms with E-state index in [9.17, 15) is 0 Å². The summed E-state index contributed by atoms with van der Waals surface area (Å²) in [5, 5.41) is 36.0. The molecule has 0 aromatic rings. The van der Waals surface area contributed by atoms with Gasteiger partial charge in [0.25, 0.3) is 0 Å². The van der Waals surface area contributed by atoms with Crippen LogP contribution in [0.25, 0.3) is 0 Å². The number of rotatable bonds is 0. The van der Waals surface area contributed by atoms with Crippen LogP contribution in [0.5, 0.6) is 0 Å². The van der Waals surface area contributed by atoms with Crippen LogP contribution in [0, 0.1) is 0 Å². The molecule has 5 nitrogen and oxygen atoms in total. The van der Waals surface area contributed by atoms with Crippen molar-refractivity contribution < 1.29 is 25.2 Å². The van der Waals surface area contributed by atoms with Gasteiger partial charge in [-0.3, -0.25) is 0 Å². The van der Waals surface area contributed by atoms with Crippen LogP contribution in [-0.4, -0.2) is 51.1 Å². The molecule has 0 saturated carbocycles. The summed E-state index contributed by atoms with van der Waals surface area (Å²) >= 11 is 0. The van der Waals surface area contributed by atoms with E-state index in [1.165, 1.54) is 6.92 Å². The second-order valence-electron chi connectivity index (χ2n) is 2.70. The van der Waals surface area contributed by atoms with Gasteiger partial charge in [0.2, 0.25) is 0 Å². The average Bonchev–Trinajstić information content (AvgIpc) is 1.97. The molecule has 4 N–H and O–H groups in total. The van der Waals surface area contributed by atoms with Gasteiger partial charge in [-0.2, -0.15) is 0 Å². The van der Waals surface area contributed by atoms with Crippen molar-refractivity contribution in [1.82, 2.24) is 0 Å². The lowest BCUT2D eigenvalue weighted by Gasteiger charge is -2.36. The van der Waals surface area contributed by atoms with E-state index in [1.54, 1.807) is 0 Å². The molecule has 0 amide bonds. The molecule has 11 heavy (non-hydrogen) atoms. The third kappa shape index (κ3) is 1.52. The monoisotopic (exact) mass is 164 g/mol. The summed E-state index contributed by atoms with van der Waals surface area (Å²) in [5.74, 6) is 0. The minimum absolute atomic E-state index is 0.664. The average molecular weight is 164 g/mol. The Kier molecular flexibility index (Phi) is 2.46. The standard InChI is InChI=1S/C6H12O5/c1-2-3(7)4(8)5(9)6(10)11-2/h2-10H,1H3/t2-,3-,4-,5-,6-/m1/s1. The van der Waals surface area contributed by atoms with Crippen molar-refractivity contribution >= 4 is 0 Å². The normalized spacial score (nSPS) is 52.6. The maximum atomic E-state index is 9.09. The van der Waals surface area contributed by atoms with Gasteiger partial charge in [-0.25, -0.2) is 0 Å².